The molecule has 0 unspecified atom stereocenters. The summed E-state index contributed by atoms with van der Waals surface area (Å²) in [5.41, 5.74) is 20.7. The van der Waals surface area contributed by atoms with Crippen LogP contribution in [0.4, 0.5) is 22.7 Å². The lowest BCUT2D eigenvalue weighted by molar-refractivity contribution is -0.124. The Labute approximate surface area is 321 Å². The highest BCUT2D eigenvalue weighted by Crippen LogP contribution is 2.30. The largest absolute Gasteiger partial charge is 0.510 e. The number of azo groups is 1. The minimum Gasteiger partial charge on any atom is -0.510 e. The first kappa shape index (κ1) is 44.7. The predicted molar refractivity (Wildman–Crippen MR) is 214 cm³/mol. The molecule has 0 heterocycles. The van der Waals surface area contributed by atoms with Gasteiger partial charge >= 0.3 is 0 Å². The minimum atomic E-state index is -0.620. The van der Waals surface area contributed by atoms with Crippen molar-refractivity contribution in [2.75, 3.05) is 57.9 Å². The Morgan fingerprint density at radius 2 is 1.16 bits per heavy atom. The molecule has 0 aliphatic carbocycles. The van der Waals surface area contributed by atoms with Gasteiger partial charge in [-0.2, -0.15) is 0 Å². The number of nitrogens with two attached hydrogens (primary N) is 3. The summed E-state index contributed by atoms with van der Waals surface area (Å²) in [6.07, 6.45) is 1.41. The fourth-order valence-electron chi connectivity index (χ4n) is 4.73. The number of nitrogen functional groups attached to an aromatic ring is 1. The van der Waals surface area contributed by atoms with E-state index in [0.717, 1.165) is 23.3 Å². The fraction of sp³-hybridized carbons (Fsp3) is 0.275. The second-order valence-electron chi connectivity index (χ2n) is 11.6. The number of ether oxygens (including phenoxy) is 4. The third-order valence-corrected chi connectivity index (χ3v) is 7.36. The molecular weight excluding hydrogens is 706 g/mol. The number of nitrogens with zero attached hydrogens (tertiary/aromatic N) is 2. The number of aliphatic hydroxyl groups excluding tert-OH is 1. The molecule has 0 saturated carbocycles. The Hall–Kier alpha value is -6.45. The molecule has 15 heteroatoms. The molecule has 0 fully saturated rings. The zero-order chi connectivity index (χ0) is 40.8. The van der Waals surface area contributed by atoms with Crippen molar-refractivity contribution >= 4 is 40.3 Å². The van der Waals surface area contributed by atoms with Crippen LogP contribution in [0.1, 0.15) is 31.4 Å². The van der Waals surface area contributed by atoms with Gasteiger partial charge in [0.05, 0.1) is 51.9 Å². The average Bonchev–Trinajstić information content (AvgIpc) is 3.16. The predicted octanol–water partition coefficient (Wildman–Crippen LogP) is 6.11. The molecule has 2 amide bonds. The minimum absolute atomic E-state index is 0.113. The number of aliphatic hydroxyl groups is 1. The van der Waals surface area contributed by atoms with Gasteiger partial charge in [-0.1, -0.05) is 36.4 Å². The molecule has 0 aliphatic heterocycles. The van der Waals surface area contributed by atoms with Crippen LogP contribution < -0.4 is 46.8 Å². The molecule has 0 atom stereocenters. The number of benzene rings is 4. The lowest BCUT2D eigenvalue weighted by Gasteiger charge is -2.10. The number of nitrogens with one attached hydrogen (secondary N) is 2. The number of carbonyl (C=O) groups is 3. The van der Waals surface area contributed by atoms with Crippen LogP contribution in [0.2, 0.25) is 0 Å². The molecule has 0 radical (unpaired) electrons. The van der Waals surface area contributed by atoms with Crippen molar-refractivity contribution in [2.45, 2.75) is 33.1 Å². The summed E-state index contributed by atoms with van der Waals surface area (Å²) in [7, 11) is 6.14. The van der Waals surface area contributed by atoms with Crippen LogP contribution in [0.5, 0.6) is 23.0 Å². The monoisotopic (exact) mass is 757 g/mol. The highest BCUT2D eigenvalue weighted by atomic mass is 16.5. The third kappa shape index (κ3) is 15.2. The Morgan fingerprint density at radius 1 is 0.673 bits per heavy atom. The first-order valence-corrected chi connectivity index (χ1v) is 17.1. The Balaban J connectivity index is 0.000000323. The molecule has 15 nitrogen and oxygen atoms in total. The second kappa shape index (κ2) is 24.0. The number of hydrogen-bond acceptors (Lipinski definition) is 13. The number of hydrogen-bond donors (Lipinski definition) is 6. The van der Waals surface area contributed by atoms with Crippen molar-refractivity contribution in [3.8, 4) is 23.0 Å². The molecule has 0 aromatic heterocycles. The molecule has 294 valence electrons. The number of methoxy groups -OCH3 is 4. The first-order chi connectivity index (χ1) is 26.4. The van der Waals surface area contributed by atoms with Gasteiger partial charge in [-0.15, -0.1) is 10.2 Å². The van der Waals surface area contributed by atoms with E-state index in [1.165, 1.54) is 35.2 Å². The van der Waals surface area contributed by atoms with Crippen molar-refractivity contribution in [3.63, 3.8) is 0 Å². The quantitative estimate of drug-likeness (QED) is 0.0266. The van der Waals surface area contributed by atoms with E-state index in [4.69, 9.17) is 36.1 Å². The number of anilines is 3. The van der Waals surface area contributed by atoms with Crippen LogP contribution in [0.15, 0.2) is 107 Å². The number of amides is 2. The van der Waals surface area contributed by atoms with E-state index in [0.29, 0.717) is 59.5 Å². The van der Waals surface area contributed by atoms with E-state index in [2.05, 4.69) is 20.9 Å². The van der Waals surface area contributed by atoms with Gasteiger partial charge < -0.3 is 51.9 Å². The van der Waals surface area contributed by atoms with Gasteiger partial charge in [-0.3, -0.25) is 14.4 Å². The van der Waals surface area contributed by atoms with Crippen molar-refractivity contribution < 1.29 is 38.4 Å². The Kier molecular flexibility index (Phi) is 19.5. The van der Waals surface area contributed by atoms with Gasteiger partial charge in [0.15, 0.2) is 5.70 Å². The number of rotatable bonds is 15. The third-order valence-electron chi connectivity index (χ3n) is 7.36. The number of carbonyl (C=O) groups excluding carboxylic acids is 3. The molecule has 0 aliphatic rings. The summed E-state index contributed by atoms with van der Waals surface area (Å²) in [6.45, 7) is 3.87. The van der Waals surface area contributed by atoms with Gasteiger partial charge in [0.1, 0.15) is 40.2 Å². The van der Waals surface area contributed by atoms with E-state index in [1.54, 1.807) is 67.8 Å². The zero-order valence-corrected chi connectivity index (χ0v) is 32.0. The van der Waals surface area contributed by atoms with Gasteiger partial charge in [0, 0.05) is 0 Å². The SMILES string of the molecule is COc1ccc(CCN)cc1N.COc1ccc(CCN)cc1N=NC(C(=O)Nc1ccccc1OC)=C(C)O.COc1ccccc1NC(=O)CC(C)=O. The molecule has 9 N–H and O–H groups in total. The molecule has 0 bridgehead atoms. The van der Waals surface area contributed by atoms with Crippen LogP contribution in [-0.2, 0) is 27.2 Å². The molecular formula is C40H51N7O8. The van der Waals surface area contributed by atoms with Crippen LogP contribution in [0.3, 0.4) is 0 Å². The zero-order valence-electron chi connectivity index (χ0n) is 32.0. The van der Waals surface area contributed by atoms with E-state index >= 15 is 0 Å². The van der Waals surface area contributed by atoms with Gasteiger partial charge in [-0.05, 0) is 99.4 Å². The van der Waals surface area contributed by atoms with Crippen LogP contribution in [0.25, 0.3) is 0 Å². The van der Waals surface area contributed by atoms with Gasteiger partial charge in [0.2, 0.25) is 5.91 Å². The van der Waals surface area contributed by atoms with Crippen LogP contribution in [0, 0.1) is 0 Å². The average molecular weight is 758 g/mol. The summed E-state index contributed by atoms with van der Waals surface area (Å²) in [4.78, 5) is 34.6. The summed E-state index contributed by atoms with van der Waals surface area (Å²) in [5, 5.41) is 23.2. The molecule has 0 saturated heterocycles. The molecule has 4 aromatic carbocycles. The lowest BCUT2D eigenvalue weighted by Crippen LogP contribution is -2.15. The van der Waals surface area contributed by atoms with E-state index in [1.807, 2.05) is 24.3 Å². The van der Waals surface area contributed by atoms with Gasteiger partial charge in [-0.25, -0.2) is 0 Å². The smallest absolute Gasteiger partial charge is 0.279 e. The van der Waals surface area contributed by atoms with Crippen molar-refractivity contribution in [1.82, 2.24) is 0 Å². The Morgan fingerprint density at radius 3 is 1.64 bits per heavy atom. The maximum absolute atomic E-state index is 12.6. The van der Waals surface area contributed by atoms with Crippen molar-refractivity contribution in [2.24, 2.45) is 21.7 Å². The lowest BCUT2D eigenvalue weighted by atomic mass is 10.1. The summed E-state index contributed by atoms with van der Waals surface area (Å²) in [6, 6.07) is 25.1. The summed E-state index contributed by atoms with van der Waals surface area (Å²) < 4.78 is 20.6. The van der Waals surface area contributed by atoms with E-state index in [-0.39, 0.29) is 29.6 Å². The van der Waals surface area contributed by atoms with E-state index in [9.17, 15) is 19.5 Å². The van der Waals surface area contributed by atoms with Crippen LogP contribution >= 0.6 is 0 Å². The maximum atomic E-state index is 12.6. The summed E-state index contributed by atoms with van der Waals surface area (Å²) in [5.74, 6) is 0.890. The topological polar surface area (TPSA) is 235 Å². The summed E-state index contributed by atoms with van der Waals surface area (Å²) >= 11 is 0. The number of ketones is 1. The number of para-hydroxylation sites is 4. The first-order valence-electron chi connectivity index (χ1n) is 17.1. The molecule has 4 aromatic rings. The fourth-order valence-corrected chi connectivity index (χ4v) is 4.73. The highest BCUT2D eigenvalue weighted by Gasteiger charge is 2.16. The normalized spacial score (nSPS) is 10.8. The molecule has 0 spiro atoms. The highest BCUT2D eigenvalue weighted by molar-refractivity contribution is 6.05. The Bertz CT molecular complexity index is 1930. The van der Waals surface area contributed by atoms with Crippen molar-refractivity contribution in [3.05, 3.63) is 108 Å². The van der Waals surface area contributed by atoms with Gasteiger partial charge in [0.25, 0.3) is 5.91 Å². The standard InChI is InChI=1S/C20H24N4O4.C11H13NO3.C9H14N2O/c1-13(25)19(20(26)22-15-6-4-5-7-17(15)27-2)24-23-16-12-14(10-11-21)8-9-18(16)28-3;1-8(13)7-11(14)12-9-5-3-4-6-10(9)15-2;1-12-9-3-2-7(4-5-10)6-8(9)11/h4-9,12,25H,10-11,21H2,1-3H3,(H,22,26);3-6H,7H2,1-2H3,(H,12,14);2-3,6H,4-5,10-11H2,1H3. The van der Waals surface area contributed by atoms with E-state index < -0.39 is 5.91 Å². The number of allylic oxidation sites excluding steroid dienone is 1. The molecule has 55 heavy (non-hydrogen) atoms. The van der Waals surface area contributed by atoms with Crippen LogP contribution in [-0.4, -0.2) is 64.2 Å². The molecule has 4 rings (SSSR count). The maximum Gasteiger partial charge on any atom is 0.279 e. The number of Topliss-reactive ketones (excluding diaryl/α,β-unsaturated/α-hetero) is 1. The van der Waals surface area contributed by atoms with Crippen molar-refractivity contribution in [1.29, 1.82) is 0 Å². The second-order valence-corrected chi connectivity index (χ2v) is 11.6.